The average molecular weight is 302 g/mol. The number of hydrogen-bond donors (Lipinski definition) is 1. The van der Waals surface area contributed by atoms with Crippen LogP contribution in [0, 0.1) is 0 Å². The molecule has 21 heavy (non-hydrogen) atoms. The van der Waals surface area contributed by atoms with E-state index in [-0.39, 0.29) is 6.54 Å². The minimum Gasteiger partial charge on any atom is -0.314 e. The molecular formula is C16H25F3N2. The summed E-state index contributed by atoms with van der Waals surface area (Å²) < 4.78 is 36.5. The molecule has 1 rings (SSSR count). The Balaban J connectivity index is 2.36. The second-order valence-corrected chi connectivity index (χ2v) is 5.78. The first-order chi connectivity index (χ1) is 9.76. The Hall–Kier alpha value is -1.07. The van der Waals surface area contributed by atoms with Crippen LogP contribution in [0.2, 0.25) is 0 Å². The smallest absolute Gasteiger partial charge is 0.314 e. The minimum absolute atomic E-state index is 0.0313. The summed E-state index contributed by atoms with van der Waals surface area (Å²) in [6.45, 7) is 5.73. The maximum atomic E-state index is 12.2. The highest BCUT2D eigenvalue weighted by molar-refractivity contribution is 5.22. The molecule has 0 atom stereocenters. The lowest BCUT2D eigenvalue weighted by atomic mass is 10.1. The lowest BCUT2D eigenvalue weighted by Gasteiger charge is -2.18. The van der Waals surface area contributed by atoms with Gasteiger partial charge < -0.3 is 10.2 Å². The lowest BCUT2D eigenvalue weighted by Crippen LogP contribution is -2.25. The Morgan fingerprint density at radius 3 is 2.19 bits per heavy atom. The van der Waals surface area contributed by atoms with E-state index in [0.29, 0.717) is 12.6 Å². The molecule has 0 amide bonds. The van der Waals surface area contributed by atoms with Gasteiger partial charge in [0.1, 0.15) is 0 Å². The number of hydrogen-bond acceptors (Lipinski definition) is 2. The zero-order chi connectivity index (χ0) is 15.9. The van der Waals surface area contributed by atoms with Gasteiger partial charge in [-0.15, -0.1) is 0 Å². The normalized spacial score (nSPS) is 12.4. The standard InChI is InChI=1S/C16H25F3N2/c1-13(2)20-10-8-14-4-6-15(7-5-14)12-21(3)11-9-16(17,18)19/h4-7,13,20H,8-12H2,1-3H3. The van der Waals surface area contributed by atoms with Crippen molar-refractivity contribution in [2.45, 2.75) is 45.5 Å². The zero-order valence-electron chi connectivity index (χ0n) is 13.0. The van der Waals surface area contributed by atoms with Gasteiger partial charge in [0.2, 0.25) is 0 Å². The summed E-state index contributed by atoms with van der Waals surface area (Å²) in [5.41, 5.74) is 2.28. The highest BCUT2D eigenvalue weighted by Gasteiger charge is 2.26. The molecule has 1 aromatic rings. The Bertz CT molecular complexity index is 399. The molecule has 1 N–H and O–H groups in total. The predicted molar refractivity (Wildman–Crippen MR) is 80.3 cm³/mol. The molecule has 1 aromatic carbocycles. The SMILES string of the molecule is CC(C)NCCc1ccc(CN(C)CCC(F)(F)F)cc1. The van der Waals surface area contributed by atoms with Crippen LogP contribution < -0.4 is 5.32 Å². The molecule has 120 valence electrons. The van der Waals surface area contributed by atoms with Crippen molar-refractivity contribution < 1.29 is 13.2 Å². The first kappa shape index (κ1) is 18.0. The van der Waals surface area contributed by atoms with Crippen LogP contribution in [0.5, 0.6) is 0 Å². The molecule has 2 nitrogen and oxygen atoms in total. The van der Waals surface area contributed by atoms with Crippen LogP contribution in [-0.2, 0) is 13.0 Å². The maximum absolute atomic E-state index is 12.2. The van der Waals surface area contributed by atoms with Gasteiger partial charge in [-0.2, -0.15) is 13.2 Å². The largest absolute Gasteiger partial charge is 0.390 e. The van der Waals surface area contributed by atoms with Crippen molar-refractivity contribution in [3.8, 4) is 0 Å². The van der Waals surface area contributed by atoms with Gasteiger partial charge in [0.25, 0.3) is 0 Å². The zero-order valence-corrected chi connectivity index (χ0v) is 13.0. The molecule has 0 saturated heterocycles. The molecule has 0 saturated carbocycles. The fourth-order valence-electron chi connectivity index (χ4n) is 2.02. The number of nitrogens with zero attached hydrogens (tertiary/aromatic N) is 1. The van der Waals surface area contributed by atoms with Crippen LogP contribution >= 0.6 is 0 Å². The van der Waals surface area contributed by atoms with Crippen molar-refractivity contribution in [2.24, 2.45) is 0 Å². The quantitative estimate of drug-likeness (QED) is 0.789. The third-order valence-corrected chi connectivity index (χ3v) is 3.22. The summed E-state index contributed by atoms with van der Waals surface area (Å²) in [6.07, 6.45) is -3.88. The van der Waals surface area contributed by atoms with Crippen LogP contribution in [0.1, 0.15) is 31.4 Å². The Kier molecular flexibility index (Phi) is 7.18. The molecule has 0 bridgehead atoms. The third kappa shape index (κ3) is 8.73. The molecule has 0 aromatic heterocycles. The predicted octanol–water partition coefficient (Wildman–Crippen LogP) is 3.61. The van der Waals surface area contributed by atoms with E-state index < -0.39 is 12.6 Å². The van der Waals surface area contributed by atoms with Crippen molar-refractivity contribution in [1.29, 1.82) is 0 Å². The van der Waals surface area contributed by atoms with Crippen molar-refractivity contribution in [1.82, 2.24) is 10.2 Å². The van der Waals surface area contributed by atoms with Gasteiger partial charge in [-0.3, -0.25) is 0 Å². The van der Waals surface area contributed by atoms with Crippen LogP contribution in [0.15, 0.2) is 24.3 Å². The number of benzene rings is 1. The van der Waals surface area contributed by atoms with Crippen LogP contribution in [-0.4, -0.2) is 37.3 Å². The van der Waals surface area contributed by atoms with E-state index in [1.165, 1.54) is 5.56 Å². The number of rotatable bonds is 8. The van der Waals surface area contributed by atoms with Crippen molar-refractivity contribution >= 4 is 0 Å². The van der Waals surface area contributed by atoms with E-state index in [1.54, 1.807) is 11.9 Å². The Labute approximate surface area is 125 Å². The topological polar surface area (TPSA) is 15.3 Å². The van der Waals surface area contributed by atoms with Crippen molar-refractivity contribution in [2.75, 3.05) is 20.1 Å². The number of nitrogens with one attached hydrogen (secondary N) is 1. The molecule has 5 heteroatoms. The summed E-state index contributed by atoms with van der Waals surface area (Å²) in [6, 6.07) is 8.57. The van der Waals surface area contributed by atoms with E-state index in [9.17, 15) is 13.2 Å². The van der Waals surface area contributed by atoms with Gasteiger partial charge in [0.05, 0.1) is 6.42 Å². The van der Waals surface area contributed by atoms with Crippen LogP contribution in [0.4, 0.5) is 13.2 Å². The average Bonchev–Trinajstić information content (AvgIpc) is 2.37. The molecule has 0 aliphatic rings. The van der Waals surface area contributed by atoms with Crippen molar-refractivity contribution in [3.63, 3.8) is 0 Å². The first-order valence-electron chi connectivity index (χ1n) is 7.33. The number of alkyl halides is 3. The molecule has 0 aliphatic heterocycles. The fraction of sp³-hybridized carbons (Fsp3) is 0.625. The van der Waals surface area contributed by atoms with Gasteiger partial charge >= 0.3 is 6.18 Å². The second-order valence-electron chi connectivity index (χ2n) is 5.78. The molecule has 0 unspecified atom stereocenters. The highest BCUT2D eigenvalue weighted by atomic mass is 19.4. The number of halogens is 3. The van der Waals surface area contributed by atoms with Gasteiger partial charge in [-0.1, -0.05) is 38.1 Å². The van der Waals surface area contributed by atoms with E-state index in [0.717, 1.165) is 18.5 Å². The lowest BCUT2D eigenvalue weighted by molar-refractivity contribution is -0.137. The molecule has 0 spiro atoms. The van der Waals surface area contributed by atoms with Gasteiger partial charge in [0, 0.05) is 19.1 Å². The van der Waals surface area contributed by atoms with E-state index in [1.807, 2.05) is 12.1 Å². The second kappa shape index (κ2) is 8.39. The Morgan fingerprint density at radius 2 is 1.67 bits per heavy atom. The summed E-state index contributed by atoms with van der Waals surface area (Å²) in [5, 5.41) is 3.36. The van der Waals surface area contributed by atoms with Crippen LogP contribution in [0.3, 0.4) is 0 Å². The molecule has 0 radical (unpaired) electrons. The van der Waals surface area contributed by atoms with Gasteiger partial charge in [-0.25, -0.2) is 0 Å². The third-order valence-electron chi connectivity index (χ3n) is 3.22. The van der Waals surface area contributed by atoms with Gasteiger partial charge in [0.15, 0.2) is 0 Å². The van der Waals surface area contributed by atoms with Gasteiger partial charge in [-0.05, 0) is 31.1 Å². The van der Waals surface area contributed by atoms with E-state index in [4.69, 9.17) is 0 Å². The van der Waals surface area contributed by atoms with E-state index in [2.05, 4.69) is 31.3 Å². The monoisotopic (exact) mass is 302 g/mol. The molecule has 0 heterocycles. The fourth-order valence-corrected chi connectivity index (χ4v) is 2.02. The molecular weight excluding hydrogens is 277 g/mol. The van der Waals surface area contributed by atoms with E-state index >= 15 is 0 Å². The summed E-state index contributed by atoms with van der Waals surface area (Å²) in [4.78, 5) is 1.70. The molecule has 0 aliphatic carbocycles. The molecule has 0 fully saturated rings. The maximum Gasteiger partial charge on any atom is 0.390 e. The van der Waals surface area contributed by atoms with Crippen molar-refractivity contribution in [3.05, 3.63) is 35.4 Å². The summed E-state index contributed by atoms with van der Waals surface area (Å²) in [5.74, 6) is 0. The summed E-state index contributed by atoms with van der Waals surface area (Å²) >= 11 is 0. The highest BCUT2D eigenvalue weighted by Crippen LogP contribution is 2.20. The first-order valence-corrected chi connectivity index (χ1v) is 7.33. The van der Waals surface area contributed by atoms with Crippen LogP contribution in [0.25, 0.3) is 0 Å². The minimum atomic E-state index is -4.08. The summed E-state index contributed by atoms with van der Waals surface area (Å²) in [7, 11) is 1.71. The Morgan fingerprint density at radius 1 is 1.10 bits per heavy atom.